The van der Waals surface area contributed by atoms with E-state index in [1.54, 1.807) is 0 Å². The predicted molar refractivity (Wildman–Crippen MR) is 315 cm³/mol. The number of rotatable bonds is 26. The second-order valence-electron chi connectivity index (χ2n) is 30.8. The van der Waals surface area contributed by atoms with Crippen molar-refractivity contribution in [3.63, 3.8) is 0 Å². The number of halogens is 18. The highest BCUT2D eigenvalue weighted by molar-refractivity contribution is 6.02. The highest BCUT2D eigenvalue weighted by atomic mass is 19.4. The Bertz CT molecular complexity index is 3090. The summed E-state index contributed by atoms with van der Waals surface area (Å²) in [5.41, 5.74) is -41.0. The van der Waals surface area contributed by atoms with Gasteiger partial charge in [0, 0.05) is 43.3 Å². The number of carbonyl (C=O) groups excluding carboxylic acids is 6. The van der Waals surface area contributed by atoms with Crippen LogP contribution in [-0.4, -0.2) is 197 Å². The number of esters is 6. The molecule has 102 heavy (non-hydrogen) atoms. The molecule has 4 N–H and O–H groups in total. The summed E-state index contributed by atoms with van der Waals surface area (Å²) in [5.74, 6) is -8.98. The second kappa shape index (κ2) is 28.5. The third kappa shape index (κ3) is 18.2. The molecule has 11 unspecified atom stereocenters. The van der Waals surface area contributed by atoms with Crippen LogP contribution < -0.4 is 0 Å². The van der Waals surface area contributed by atoms with Crippen molar-refractivity contribution in [3.8, 4) is 0 Å². The molecule has 2 aliphatic heterocycles. The zero-order valence-electron chi connectivity index (χ0n) is 59.6. The number of hydrogen-bond acceptors (Lipinski definition) is 20. The van der Waals surface area contributed by atoms with Gasteiger partial charge in [0.25, 0.3) is 11.2 Å². The molecule has 2 saturated heterocycles. The number of ether oxygens (including phenoxy) is 10. The number of alkyl halides is 18. The van der Waals surface area contributed by atoms with Crippen LogP contribution in [0.5, 0.6) is 0 Å². The van der Waals surface area contributed by atoms with E-state index in [2.05, 4.69) is 13.2 Å². The summed E-state index contributed by atoms with van der Waals surface area (Å²) in [6.45, 7) is 23.2. The molecule has 0 aromatic carbocycles. The Kier molecular flexibility index (Phi) is 25.4. The summed E-state index contributed by atoms with van der Waals surface area (Å²) in [6, 6.07) is 0. The maximum Gasteiger partial charge on any atom is 0.429 e. The van der Waals surface area contributed by atoms with Crippen LogP contribution in [0.4, 0.5) is 79.0 Å². The Labute approximate surface area is 576 Å². The number of fused-ring (bicyclic) bond motifs is 4. The Balaban J connectivity index is 0.000000530. The van der Waals surface area contributed by atoms with Crippen molar-refractivity contribution in [1.82, 2.24) is 0 Å². The first kappa shape index (κ1) is 90.9. The molecule has 2 saturated carbocycles. The van der Waals surface area contributed by atoms with Crippen molar-refractivity contribution in [2.75, 3.05) is 0 Å². The van der Waals surface area contributed by atoms with E-state index in [0.29, 0.717) is 13.8 Å². The van der Waals surface area contributed by atoms with Gasteiger partial charge in [0.15, 0.2) is 16.6 Å². The van der Waals surface area contributed by atoms with E-state index in [-0.39, 0.29) is 64.5 Å². The monoisotopic (exact) mass is 1520 g/mol. The molecule has 38 heteroatoms. The van der Waals surface area contributed by atoms with Gasteiger partial charge in [0.2, 0.25) is 0 Å². The smallest absolute Gasteiger partial charge is 0.429 e. The lowest BCUT2D eigenvalue weighted by Gasteiger charge is -2.50. The SMILES string of the molecule is C=C(C)C(=O)OC1CC(C(=O)OC(CC(C)(C)OC(C)(C)C(C)(O)C(F)(F)F)C(C)(C)OC(C)(C)C(O)(C(F)(F)F)C(F)(F)F)C2CC1OC2=O.C=C(C)C(=O)OC1CCC2(C(=O)OC(CC(C)(C)OC(C)(C)C(C)(O)C(F)(F)F)C(C)(C)OC(C)(C)C(O)(C(F)(F)F)C(F)(F)F)CC1OC2=O. The van der Waals surface area contributed by atoms with Crippen LogP contribution in [0.3, 0.4) is 0 Å². The Morgan fingerprint density at radius 1 is 0.480 bits per heavy atom. The molecule has 0 radical (unpaired) electrons. The zero-order chi connectivity index (χ0) is 80.8. The highest BCUT2D eigenvalue weighted by Crippen LogP contribution is 2.56. The molecule has 0 aromatic heterocycles. The predicted octanol–water partition coefficient (Wildman–Crippen LogP) is 12.2. The van der Waals surface area contributed by atoms with Crippen LogP contribution in [0, 0.1) is 17.3 Å². The van der Waals surface area contributed by atoms with E-state index < -0.39 is 213 Å². The summed E-state index contributed by atoms with van der Waals surface area (Å²) in [7, 11) is 0. The zero-order valence-corrected chi connectivity index (χ0v) is 59.6. The van der Waals surface area contributed by atoms with E-state index in [1.165, 1.54) is 13.8 Å². The third-order valence-corrected chi connectivity index (χ3v) is 19.2. The summed E-state index contributed by atoms with van der Waals surface area (Å²) in [6.07, 6.45) is -47.2. The maximum atomic E-state index is 13.9. The fourth-order valence-corrected chi connectivity index (χ4v) is 12.6. The average molecular weight is 1520 g/mol. The summed E-state index contributed by atoms with van der Waals surface area (Å²) in [4.78, 5) is 77.8. The third-order valence-electron chi connectivity index (χ3n) is 19.2. The Hall–Kier alpha value is -5.28. The fourth-order valence-electron chi connectivity index (χ4n) is 12.6. The molecule has 0 amide bonds. The molecule has 20 nitrogen and oxygen atoms in total. The summed E-state index contributed by atoms with van der Waals surface area (Å²) in [5, 5.41) is 41.1. The molecule has 4 fully saturated rings. The van der Waals surface area contributed by atoms with Crippen LogP contribution in [0.25, 0.3) is 0 Å². The number of hydrogen-bond donors (Lipinski definition) is 4. The minimum atomic E-state index is -6.36. The van der Waals surface area contributed by atoms with Gasteiger partial charge in [0.1, 0.15) is 70.2 Å². The minimum Gasteiger partial charge on any atom is -0.459 e. The topological polar surface area (TPSA) is 276 Å². The average Bonchev–Trinajstić information content (AvgIpc) is 1.03. The van der Waals surface area contributed by atoms with Gasteiger partial charge < -0.3 is 67.8 Å². The fraction of sp³-hybridized carbons (Fsp3) is 0.844. The van der Waals surface area contributed by atoms with Crippen LogP contribution in [0.15, 0.2) is 24.3 Å². The van der Waals surface area contributed by atoms with Gasteiger partial charge in [-0.25, -0.2) is 9.59 Å². The molecule has 0 aromatic rings. The number of aliphatic hydroxyl groups is 4. The largest absolute Gasteiger partial charge is 0.459 e. The normalized spacial score (nSPS) is 24.4. The molecule has 0 spiro atoms. The van der Waals surface area contributed by atoms with Crippen molar-refractivity contribution in [2.24, 2.45) is 17.3 Å². The maximum absolute atomic E-state index is 13.9. The van der Waals surface area contributed by atoms with E-state index in [1.807, 2.05) is 0 Å². The van der Waals surface area contributed by atoms with Crippen molar-refractivity contribution in [2.45, 2.75) is 324 Å². The van der Waals surface area contributed by atoms with Gasteiger partial charge in [-0.05, 0) is 151 Å². The minimum absolute atomic E-state index is 0.0243. The van der Waals surface area contributed by atoms with Crippen molar-refractivity contribution in [3.05, 3.63) is 24.3 Å². The van der Waals surface area contributed by atoms with Crippen LogP contribution in [0.2, 0.25) is 0 Å². The Morgan fingerprint density at radius 2 is 0.824 bits per heavy atom. The van der Waals surface area contributed by atoms with Crippen LogP contribution in [-0.2, 0) is 76.1 Å². The molecular weight excluding hydrogens is 1430 g/mol. The number of carbonyl (C=O) groups is 6. The molecule has 4 rings (SSSR count). The second-order valence-corrected chi connectivity index (χ2v) is 30.8. The van der Waals surface area contributed by atoms with Gasteiger partial charge in [-0.15, -0.1) is 0 Å². The Morgan fingerprint density at radius 3 is 1.16 bits per heavy atom. The van der Waals surface area contributed by atoms with Gasteiger partial charge in [-0.2, -0.15) is 79.0 Å². The molecular formula is C64H90F18O20. The van der Waals surface area contributed by atoms with E-state index in [4.69, 9.17) is 47.4 Å². The summed E-state index contributed by atoms with van der Waals surface area (Å²) >= 11 is 0. The molecule has 592 valence electrons. The van der Waals surface area contributed by atoms with Gasteiger partial charge >= 0.3 is 72.9 Å². The lowest BCUT2D eigenvalue weighted by molar-refractivity contribution is -0.423. The molecule has 4 bridgehead atoms. The van der Waals surface area contributed by atoms with Crippen molar-refractivity contribution < 1.29 is 176 Å². The molecule has 4 aliphatic rings. The lowest BCUT2D eigenvalue weighted by Crippen LogP contribution is -2.71. The molecule has 11 atom stereocenters. The first-order valence-electron chi connectivity index (χ1n) is 31.3. The first-order chi connectivity index (χ1) is 44.7. The highest BCUT2D eigenvalue weighted by Gasteiger charge is 2.80. The van der Waals surface area contributed by atoms with E-state index in [9.17, 15) is 128 Å². The van der Waals surface area contributed by atoms with Crippen molar-refractivity contribution >= 4 is 35.8 Å². The van der Waals surface area contributed by atoms with Crippen molar-refractivity contribution in [1.29, 1.82) is 0 Å². The standard InChI is InChI=1S/2C32H45F9O10/c1-15(2)21(42)47-18-13-17(16-12-19(18)48-22(16)43)23(44)49-20(14-24(3,4)50-26(7,8)28(11,45)30(33,34)35)25(5,6)51-27(9,10)29(46,31(36,37)38)32(39,40)41;1-16(2)20(42)47-17-12-13-28(14-18(17)48-21(28)43)22(44)49-19(15-23(3,4)50-25(7,8)27(11,45)30(33,34)35)24(5,6)51-26(9,10)29(46,31(36,37)38)32(39,40)41/h16-20,45-46H,1,12-14H2,2-11H3;17-19,45-46H,1,12-15H2,2-11H3. The van der Waals surface area contributed by atoms with E-state index in [0.717, 1.165) is 83.1 Å². The van der Waals surface area contributed by atoms with E-state index >= 15 is 0 Å². The van der Waals surface area contributed by atoms with Crippen LogP contribution >= 0.6 is 0 Å². The van der Waals surface area contributed by atoms with Gasteiger partial charge in [-0.3, -0.25) is 19.2 Å². The quantitative estimate of drug-likeness (QED) is 0.0206. The van der Waals surface area contributed by atoms with Gasteiger partial charge in [-0.1, -0.05) is 13.2 Å². The molecule has 2 aliphatic carbocycles. The van der Waals surface area contributed by atoms with Crippen LogP contribution in [0.1, 0.15) is 183 Å². The first-order valence-corrected chi connectivity index (χ1v) is 31.3. The van der Waals surface area contributed by atoms with Gasteiger partial charge in [0.05, 0.1) is 23.0 Å². The lowest BCUT2D eigenvalue weighted by atomic mass is 9.74. The molecule has 2 heterocycles. The summed E-state index contributed by atoms with van der Waals surface area (Å²) < 4.78 is 304.